The molecule has 0 amide bonds. The van der Waals surface area contributed by atoms with E-state index >= 15 is 0 Å². The summed E-state index contributed by atoms with van der Waals surface area (Å²) in [4.78, 5) is 0. The van der Waals surface area contributed by atoms with Crippen LogP contribution >= 0.6 is 7.26 Å². The molecule has 101 valence electrons. The van der Waals surface area contributed by atoms with Crippen LogP contribution < -0.4 is 15.9 Å². The summed E-state index contributed by atoms with van der Waals surface area (Å²) >= 11 is 0. The molecular formula is C19H17BP. The van der Waals surface area contributed by atoms with Crippen LogP contribution in [-0.4, -0.2) is 13.9 Å². The molecule has 0 saturated carbocycles. The van der Waals surface area contributed by atoms with Gasteiger partial charge < -0.3 is 7.85 Å². The van der Waals surface area contributed by atoms with E-state index in [4.69, 9.17) is 7.85 Å². The van der Waals surface area contributed by atoms with Gasteiger partial charge in [0.05, 0.1) is 7.26 Å². The van der Waals surface area contributed by atoms with Crippen molar-refractivity contribution in [3.63, 3.8) is 0 Å². The molecule has 3 rings (SSSR count). The Morgan fingerprint density at radius 3 is 1.05 bits per heavy atom. The van der Waals surface area contributed by atoms with Crippen molar-refractivity contribution >= 4 is 31.0 Å². The molecule has 0 spiro atoms. The second-order valence-electron chi connectivity index (χ2n) is 5.00. The first-order chi connectivity index (χ1) is 10.4. The van der Waals surface area contributed by atoms with Crippen molar-refractivity contribution in [1.82, 2.24) is 0 Å². The molecule has 0 unspecified atom stereocenters. The van der Waals surface area contributed by atoms with Gasteiger partial charge in [0.1, 0.15) is 15.9 Å². The molecule has 3 radical (unpaired) electrons. The Morgan fingerprint density at radius 2 is 0.810 bits per heavy atom. The fourth-order valence-corrected chi connectivity index (χ4v) is 6.38. The van der Waals surface area contributed by atoms with Crippen molar-refractivity contribution in [2.24, 2.45) is 0 Å². The Labute approximate surface area is 128 Å². The van der Waals surface area contributed by atoms with E-state index < -0.39 is 7.26 Å². The molecule has 0 N–H and O–H groups in total. The van der Waals surface area contributed by atoms with Gasteiger partial charge in [-0.1, -0.05) is 54.6 Å². The van der Waals surface area contributed by atoms with Crippen LogP contribution in [0.5, 0.6) is 0 Å². The summed E-state index contributed by atoms with van der Waals surface area (Å²) in [5, 5.41) is 4.01. The zero-order valence-corrected chi connectivity index (χ0v) is 12.8. The second-order valence-corrected chi connectivity index (χ2v) is 8.53. The monoisotopic (exact) mass is 287 g/mol. The molecule has 3 aromatic rings. The molecule has 0 atom stereocenters. The predicted molar refractivity (Wildman–Crippen MR) is 95.8 cm³/mol. The van der Waals surface area contributed by atoms with E-state index in [-0.39, 0.29) is 0 Å². The third-order valence-corrected chi connectivity index (χ3v) is 7.95. The summed E-state index contributed by atoms with van der Waals surface area (Å²) in [5.41, 5.74) is 0. The number of benzene rings is 3. The van der Waals surface area contributed by atoms with E-state index in [1.807, 2.05) is 0 Å². The van der Waals surface area contributed by atoms with Crippen LogP contribution in [0.2, 0.25) is 0 Å². The largest absolute Gasteiger partial charge is 0.569 e. The number of rotatable bonds is 4. The number of hydrogen-bond donors (Lipinski definition) is 0. The van der Waals surface area contributed by atoms with Crippen molar-refractivity contribution in [3.8, 4) is 0 Å². The highest BCUT2D eigenvalue weighted by Crippen LogP contribution is 2.53. The minimum Gasteiger partial charge on any atom is -0.569 e. The summed E-state index contributed by atoms with van der Waals surface area (Å²) < 4.78 is 0. The smallest absolute Gasteiger partial charge is 0.101 e. The minimum absolute atomic E-state index is 0.644. The van der Waals surface area contributed by atoms with Crippen LogP contribution in [0.4, 0.5) is 0 Å². The Morgan fingerprint density at radius 1 is 0.524 bits per heavy atom. The average Bonchev–Trinajstić information content (AvgIpc) is 2.59. The van der Waals surface area contributed by atoms with E-state index in [2.05, 4.69) is 91.0 Å². The summed E-state index contributed by atoms with van der Waals surface area (Å²) in [7, 11) is 4.60. The van der Waals surface area contributed by atoms with E-state index in [0.717, 1.165) is 0 Å². The Balaban J connectivity index is 2.29. The lowest BCUT2D eigenvalue weighted by Crippen LogP contribution is -2.33. The molecule has 0 nitrogen and oxygen atoms in total. The van der Waals surface area contributed by atoms with Crippen molar-refractivity contribution in [2.45, 2.75) is 0 Å². The lowest BCUT2D eigenvalue weighted by Gasteiger charge is -2.31. The zero-order chi connectivity index (χ0) is 14.5. The molecule has 2 heteroatoms. The fourth-order valence-electron chi connectivity index (χ4n) is 2.81. The first kappa shape index (κ1) is 14.1. The Hall–Kier alpha value is -1.85. The summed E-state index contributed by atoms with van der Waals surface area (Å²) in [6.07, 6.45) is 0. The van der Waals surface area contributed by atoms with Crippen LogP contribution in [0.3, 0.4) is 0 Å². The first-order valence-electron chi connectivity index (χ1n) is 7.13. The van der Waals surface area contributed by atoms with Gasteiger partial charge >= 0.3 is 0 Å². The van der Waals surface area contributed by atoms with Gasteiger partial charge in [-0.05, 0) is 36.4 Å². The van der Waals surface area contributed by atoms with Crippen molar-refractivity contribution in [2.75, 3.05) is 6.06 Å². The third kappa shape index (κ3) is 2.54. The molecule has 0 aromatic heterocycles. The van der Waals surface area contributed by atoms with Crippen molar-refractivity contribution in [3.05, 3.63) is 91.0 Å². The molecule has 0 fully saturated rings. The summed E-state index contributed by atoms with van der Waals surface area (Å²) in [6, 6.07) is 32.7. The van der Waals surface area contributed by atoms with Crippen molar-refractivity contribution < 1.29 is 0 Å². The summed E-state index contributed by atoms with van der Waals surface area (Å²) in [6.45, 7) is 0. The number of hydrogen-bond acceptors (Lipinski definition) is 0. The van der Waals surface area contributed by atoms with Crippen LogP contribution in [0.1, 0.15) is 0 Å². The molecule has 21 heavy (non-hydrogen) atoms. The second kappa shape index (κ2) is 6.29. The lowest BCUT2D eigenvalue weighted by atomic mass is 10.2. The predicted octanol–water partition coefficient (Wildman–Crippen LogP) is 3.11. The van der Waals surface area contributed by atoms with Gasteiger partial charge in [0.25, 0.3) is 0 Å². The van der Waals surface area contributed by atoms with E-state index in [9.17, 15) is 0 Å². The maximum atomic E-state index is 6.35. The fraction of sp³-hybridized carbons (Fsp3) is 0.0526. The van der Waals surface area contributed by atoms with Gasteiger partial charge in [-0.15, -0.1) is 6.06 Å². The summed E-state index contributed by atoms with van der Waals surface area (Å²) in [5.74, 6) is 0. The molecule has 0 aliphatic heterocycles. The van der Waals surface area contributed by atoms with Gasteiger partial charge in [-0.25, -0.2) is 0 Å². The van der Waals surface area contributed by atoms with Gasteiger partial charge in [-0.3, -0.25) is 0 Å². The van der Waals surface area contributed by atoms with Crippen LogP contribution in [-0.2, 0) is 0 Å². The zero-order valence-electron chi connectivity index (χ0n) is 11.9. The average molecular weight is 287 g/mol. The Kier molecular flexibility index (Phi) is 4.22. The molecule has 0 heterocycles. The molecule has 0 aliphatic carbocycles. The van der Waals surface area contributed by atoms with Gasteiger partial charge in [-0.2, -0.15) is 0 Å². The minimum atomic E-state index is -1.76. The lowest BCUT2D eigenvalue weighted by molar-refractivity contribution is 1.71. The Bertz CT molecular complexity index is 584. The topological polar surface area (TPSA) is 0 Å². The van der Waals surface area contributed by atoms with Crippen LogP contribution in [0.25, 0.3) is 0 Å². The molecule has 0 bridgehead atoms. The standard InChI is InChI=1S/C19H17BP/c20-16-21(17-10-4-1-5-11-17,18-12-6-2-7-13-18)19-14-8-3-9-15-19/h1-15H,16H2. The van der Waals surface area contributed by atoms with Crippen LogP contribution in [0.15, 0.2) is 91.0 Å². The van der Waals surface area contributed by atoms with Gasteiger partial charge in [0.15, 0.2) is 0 Å². The van der Waals surface area contributed by atoms with Crippen LogP contribution in [0, 0.1) is 0 Å². The van der Waals surface area contributed by atoms with Gasteiger partial charge in [0, 0.05) is 0 Å². The molecule has 0 aliphatic rings. The quantitative estimate of drug-likeness (QED) is 0.511. The first-order valence-corrected chi connectivity index (χ1v) is 9.10. The highest BCUT2D eigenvalue weighted by atomic mass is 31.2. The maximum absolute atomic E-state index is 6.35. The SMILES string of the molecule is [B-]C[P+](c1ccccc1)(c1ccccc1)c1ccccc1. The van der Waals surface area contributed by atoms with E-state index in [0.29, 0.717) is 6.06 Å². The van der Waals surface area contributed by atoms with E-state index in [1.54, 1.807) is 0 Å². The van der Waals surface area contributed by atoms with Crippen molar-refractivity contribution in [1.29, 1.82) is 0 Å². The molecule has 3 aromatic carbocycles. The molecule has 0 saturated heterocycles. The normalized spacial score (nSPS) is 11.3. The maximum Gasteiger partial charge on any atom is 0.101 e. The third-order valence-electron chi connectivity index (χ3n) is 3.86. The van der Waals surface area contributed by atoms with Gasteiger partial charge in [0.2, 0.25) is 0 Å². The van der Waals surface area contributed by atoms with E-state index in [1.165, 1.54) is 15.9 Å². The molecular weight excluding hydrogens is 270 g/mol. The highest BCUT2D eigenvalue weighted by molar-refractivity contribution is 7.96. The highest BCUT2D eigenvalue weighted by Gasteiger charge is 2.38.